The minimum atomic E-state index is -0.473. The Morgan fingerprint density at radius 3 is 1.59 bits per heavy atom. The predicted molar refractivity (Wildman–Crippen MR) is 229 cm³/mol. The van der Waals surface area contributed by atoms with Crippen molar-refractivity contribution >= 4 is 52.7 Å². The SMILES string of the molecule is CCN1CCCC1CN.CCN1CCCC1CNc1nc(Nc2ccc(OC)c(F)c2)nc(NC2CC2)n1.COc1ccc(Nc2nc(Cl)nc(NC3CC3)n2)cc1F. The highest BCUT2D eigenvalue weighted by Crippen LogP contribution is 2.28. The van der Waals surface area contributed by atoms with Crippen molar-refractivity contribution in [3.05, 3.63) is 53.3 Å². The zero-order chi connectivity index (χ0) is 41.7. The molecule has 0 bridgehead atoms. The van der Waals surface area contributed by atoms with Crippen LogP contribution in [0.2, 0.25) is 5.28 Å². The van der Waals surface area contributed by atoms with E-state index in [0.29, 0.717) is 59.3 Å². The lowest BCUT2D eigenvalue weighted by molar-refractivity contribution is 0.272. The highest BCUT2D eigenvalue weighted by molar-refractivity contribution is 6.28. The third-order valence-electron chi connectivity index (χ3n) is 10.5. The van der Waals surface area contributed by atoms with Gasteiger partial charge in [0.1, 0.15) is 0 Å². The zero-order valence-electron chi connectivity index (χ0n) is 34.3. The molecular weight excluding hydrogens is 782 g/mol. The quantitative estimate of drug-likeness (QED) is 0.0703. The highest BCUT2D eigenvalue weighted by Gasteiger charge is 2.25. The van der Waals surface area contributed by atoms with E-state index < -0.39 is 11.6 Å². The van der Waals surface area contributed by atoms with Crippen molar-refractivity contribution in [2.75, 3.05) is 80.1 Å². The van der Waals surface area contributed by atoms with Crippen molar-refractivity contribution in [3.63, 3.8) is 0 Å². The fourth-order valence-corrected chi connectivity index (χ4v) is 7.10. The molecule has 2 saturated carbocycles. The first-order valence-electron chi connectivity index (χ1n) is 20.5. The summed E-state index contributed by atoms with van der Waals surface area (Å²) in [5.74, 6) is 1.53. The van der Waals surface area contributed by atoms with E-state index in [0.717, 1.165) is 51.9 Å². The van der Waals surface area contributed by atoms with Crippen molar-refractivity contribution in [1.82, 2.24) is 39.7 Å². The number of nitrogens with two attached hydrogens (primary N) is 1. The summed E-state index contributed by atoms with van der Waals surface area (Å²) in [5.41, 5.74) is 6.60. The summed E-state index contributed by atoms with van der Waals surface area (Å²) < 4.78 is 37.5. The largest absolute Gasteiger partial charge is 0.494 e. The summed E-state index contributed by atoms with van der Waals surface area (Å²) in [7, 11) is 2.85. The van der Waals surface area contributed by atoms with Crippen molar-refractivity contribution < 1.29 is 18.3 Å². The number of likely N-dealkylation sites (N-methyl/N-ethyl adjacent to an activating group) is 2. The molecule has 320 valence electrons. The van der Waals surface area contributed by atoms with Crippen LogP contribution in [-0.4, -0.2) is 117 Å². The predicted octanol–water partition coefficient (Wildman–Crippen LogP) is 6.65. The average molecular weight is 839 g/mol. The summed E-state index contributed by atoms with van der Waals surface area (Å²) in [6, 6.07) is 11.1. The Hall–Kier alpha value is -4.91. The molecule has 0 spiro atoms. The Morgan fingerprint density at radius 1 is 0.661 bits per heavy atom. The van der Waals surface area contributed by atoms with Crippen molar-refractivity contribution in [2.24, 2.45) is 5.73 Å². The van der Waals surface area contributed by atoms with Gasteiger partial charge >= 0.3 is 0 Å². The van der Waals surface area contributed by atoms with Crippen LogP contribution < -0.4 is 41.8 Å². The van der Waals surface area contributed by atoms with Crippen LogP contribution in [0.3, 0.4) is 0 Å². The Balaban J connectivity index is 0.000000169. The van der Waals surface area contributed by atoms with Gasteiger partial charge in [-0.05, 0) is 113 Å². The number of anilines is 7. The second kappa shape index (κ2) is 21.4. The standard InChI is InChI=1S/C20H28FN7O.C13H13ClFN5O.C7H16N2/c1-3-28-10-4-5-15(28)12-22-18-25-19(23-13-6-7-13)27-20(26-18)24-14-8-9-17(29-2)16(21)11-14;1-21-10-5-4-8(6-9(10)15)17-13-19-11(14)18-12(20-13)16-7-2-3-7;1-2-9-5-3-4-7(9)6-8/h8-9,11,13,15H,3-7,10,12H2,1-2H3,(H3,22,23,24,25,26,27);4-7H,2-3H2,1H3,(H2,16,17,18,19,20);7H,2-6,8H2,1H3. The van der Waals surface area contributed by atoms with Crippen LogP contribution in [0.4, 0.5) is 49.9 Å². The number of hydrogen-bond acceptors (Lipinski definition) is 16. The second-order valence-electron chi connectivity index (χ2n) is 14.8. The van der Waals surface area contributed by atoms with Crippen LogP contribution >= 0.6 is 11.6 Å². The molecule has 2 aromatic heterocycles. The van der Waals surface area contributed by atoms with Crippen molar-refractivity contribution in [3.8, 4) is 11.5 Å². The lowest BCUT2D eigenvalue weighted by Gasteiger charge is -2.23. The molecule has 2 unspecified atom stereocenters. The van der Waals surface area contributed by atoms with Crippen LogP contribution in [0.25, 0.3) is 0 Å². The number of benzene rings is 2. The molecule has 4 fully saturated rings. The Morgan fingerprint density at radius 2 is 1.12 bits per heavy atom. The summed E-state index contributed by atoms with van der Waals surface area (Å²) in [5, 5.41) is 15.8. The lowest BCUT2D eigenvalue weighted by Crippen LogP contribution is -2.35. The number of rotatable bonds is 16. The van der Waals surface area contributed by atoms with E-state index in [2.05, 4.69) is 80.1 Å². The van der Waals surface area contributed by atoms with Crippen LogP contribution in [0.15, 0.2) is 36.4 Å². The molecule has 2 aromatic carbocycles. The van der Waals surface area contributed by atoms with Crippen molar-refractivity contribution in [2.45, 2.75) is 89.4 Å². The first-order chi connectivity index (χ1) is 28.7. The molecule has 2 saturated heterocycles. The Bertz CT molecular complexity index is 1950. The summed E-state index contributed by atoms with van der Waals surface area (Å²) >= 11 is 5.86. The minimum absolute atomic E-state index is 0.0737. The Labute approximate surface area is 349 Å². The molecule has 7 N–H and O–H groups in total. The Kier molecular flexibility index (Phi) is 15.8. The first kappa shape index (κ1) is 43.7. The number of halogens is 3. The topological polar surface area (TPSA) is 188 Å². The van der Waals surface area contributed by atoms with Gasteiger partial charge < -0.3 is 41.8 Å². The molecule has 2 atom stereocenters. The molecule has 8 rings (SSSR count). The molecule has 4 aliphatic rings. The van der Waals surface area contributed by atoms with Gasteiger partial charge in [-0.1, -0.05) is 13.8 Å². The summed E-state index contributed by atoms with van der Waals surface area (Å²) in [6.07, 6.45) is 9.48. The van der Waals surface area contributed by atoms with E-state index in [9.17, 15) is 8.78 Å². The minimum Gasteiger partial charge on any atom is -0.494 e. The monoisotopic (exact) mass is 838 g/mol. The highest BCUT2D eigenvalue weighted by atomic mass is 35.5. The molecule has 4 heterocycles. The number of hydrogen-bond donors (Lipinski definition) is 6. The number of aromatic nitrogens is 6. The fraction of sp³-hybridized carbons (Fsp3) is 0.550. The van der Waals surface area contributed by atoms with Gasteiger partial charge in [0, 0.05) is 60.8 Å². The van der Waals surface area contributed by atoms with E-state index in [1.807, 2.05) is 0 Å². The van der Waals surface area contributed by atoms with E-state index in [-0.39, 0.29) is 22.7 Å². The van der Waals surface area contributed by atoms with Crippen LogP contribution in [0.1, 0.15) is 65.2 Å². The first-order valence-corrected chi connectivity index (χ1v) is 20.9. The molecule has 0 amide bonds. The molecule has 59 heavy (non-hydrogen) atoms. The van der Waals surface area contributed by atoms with Crippen LogP contribution in [-0.2, 0) is 0 Å². The number of likely N-dealkylation sites (tertiary alicyclic amines) is 2. The molecule has 19 heteroatoms. The second-order valence-corrected chi connectivity index (χ2v) is 15.1. The van der Waals surface area contributed by atoms with Gasteiger partial charge in [-0.25, -0.2) is 8.78 Å². The fourth-order valence-electron chi connectivity index (χ4n) is 6.94. The van der Waals surface area contributed by atoms with Gasteiger partial charge in [0.25, 0.3) is 0 Å². The van der Waals surface area contributed by atoms with E-state index in [1.165, 1.54) is 71.2 Å². The van der Waals surface area contributed by atoms with Gasteiger partial charge in [-0.2, -0.15) is 29.9 Å². The maximum absolute atomic E-state index is 14.0. The maximum atomic E-state index is 14.0. The van der Waals surface area contributed by atoms with E-state index in [4.69, 9.17) is 26.8 Å². The number of ether oxygens (including phenoxy) is 2. The van der Waals surface area contributed by atoms with Crippen molar-refractivity contribution in [1.29, 1.82) is 0 Å². The van der Waals surface area contributed by atoms with Gasteiger partial charge in [-0.15, -0.1) is 0 Å². The third kappa shape index (κ3) is 13.3. The number of nitrogens with one attached hydrogen (secondary N) is 5. The molecule has 4 aromatic rings. The third-order valence-corrected chi connectivity index (χ3v) is 10.6. The van der Waals surface area contributed by atoms with Gasteiger partial charge in [0.15, 0.2) is 23.1 Å². The lowest BCUT2D eigenvalue weighted by atomic mass is 10.2. The average Bonchev–Trinajstić information content (AvgIpc) is 4.12. The molecule has 2 aliphatic heterocycles. The van der Waals surface area contributed by atoms with Crippen LogP contribution in [0, 0.1) is 11.6 Å². The number of nitrogens with zero attached hydrogens (tertiary/aromatic N) is 8. The van der Waals surface area contributed by atoms with E-state index >= 15 is 0 Å². The van der Waals surface area contributed by atoms with E-state index in [1.54, 1.807) is 18.2 Å². The van der Waals surface area contributed by atoms with Gasteiger partial charge in [-0.3, -0.25) is 9.80 Å². The smallest absolute Gasteiger partial charge is 0.233 e. The molecule has 2 aliphatic carbocycles. The van der Waals surface area contributed by atoms with Crippen LogP contribution in [0.5, 0.6) is 11.5 Å². The molecule has 0 radical (unpaired) electrons. The normalized spacial score (nSPS) is 18.8. The molecule has 16 nitrogen and oxygen atoms in total. The summed E-state index contributed by atoms with van der Waals surface area (Å²) in [6.45, 7) is 10.6. The molecular formula is C40H57ClF2N14O2. The van der Waals surface area contributed by atoms with Gasteiger partial charge in [0.2, 0.25) is 35.0 Å². The van der Waals surface area contributed by atoms with Gasteiger partial charge in [0.05, 0.1) is 14.2 Å². The maximum Gasteiger partial charge on any atom is 0.233 e. The zero-order valence-corrected chi connectivity index (χ0v) is 35.0. The number of methoxy groups -OCH3 is 2. The summed E-state index contributed by atoms with van der Waals surface area (Å²) in [4.78, 5) is 30.5.